The summed E-state index contributed by atoms with van der Waals surface area (Å²) >= 11 is 0. The Labute approximate surface area is 230 Å². The first-order valence-corrected chi connectivity index (χ1v) is 12.6. The number of amides is 2. The van der Waals surface area contributed by atoms with E-state index in [2.05, 4.69) is 0 Å². The summed E-state index contributed by atoms with van der Waals surface area (Å²) in [5.74, 6) is -4.80. The molecule has 210 valence electrons. The van der Waals surface area contributed by atoms with E-state index in [4.69, 9.17) is 13.9 Å². The van der Waals surface area contributed by atoms with Crippen molar-refractivity contribution < 1.29 is 41.4 Å². The summed E-state index contributed by atoms with van der Waals surface area (Å²) in [5, 5.41) is -0.229. The lowest BCUT2D eigenvalue weighted by atomic mass is 10.1. The normalized spacial score (nSPS) is 13.9. The van der Waals surface area contributed by atoms with E-state index in [1.165, 1.54) is 36.4 Å². The number of carbonyl (C=O) groups is 3. The van der Waals surface area contributed by atoms with Crippen molar-refractivity contribution in [1.82, 2.24) is 4.90 Å². The molecule has 1 aliphatic rings. The third-order valence-electron chi connectivity index (χ3n) is 6.68. The smallest absolute Gasteiger partial charge is 0.449 e. The maximum Gasteiger partial charge on any atom is 0.453 e. The summed E-state index contributed by atoms with van der Waals surface area (Å²) in [6, 6.07) is 13.1. The van der Waals surface area contributed by atoms with Crippen LogP contribution in [0.15, 0.2) is 69.9 Å². The molecule has 0 radical (unpaired) electrons. The van der Waals surface area contributed by atoms with Gasteiger partial charge < -0.3 is 13.9 Å². The molecule has 1 aliphatic heterocycles. The molecular formula is C30H22F3NO7. The molecule has 2 heterocycles. The van der Waals surface area contributed by atoms with Crippen molar-refractivity contribution in [3.63, 3.8) is 0 Å². The number of alkyl halides is 3. The van der Waals surface area contributed by atoms with E-state index in [-0.39, 0.29) is 39.6 Å². The van der Waals surface area contributed by atoms with Gasteiger partial charge in [0.1, 0.15) is 17.1 Å². The van der Waals surface area contributed by atoms with Crippen LogP contribution in [0.5, 0.6) is 17.2 Å². The van der Waals surface area contributed by atoms with E-state index >= 15 is 0 Å². The highest BCUT2D eigenvalue weighted by Crippen LogP contribution is 2.39. The quantitative estimate of drug-likeness (QED) is 0.149. The number of halogens is 3. The Morgan fingerprint density at radius 3 is 2.37 bits per heavy atom. The molecule has 41 heavy (non-hydrogen) atoms. The summed E-state index contributed by atoms with van der Waals surface area (Å²) in [4.78, 5) is 52.5. The minimum absolute atomic E-state index is 0.0227. The molecule has 0 spiro atoms. The van der Waals surface area contributed by atoms with E-state index in [0.717, 1.165) is 17.0 Å². The zero-order valence-corrected chi connectivity index (χ0v) is 22.0. The highest BCUT2D eigenvalue weighted by Gasteiger charge is 2.41. The molecule has 0 bridgehead atoms. The van der Waals surface area contributed by atoms with Crippen LogP contribution in [0.3, 0.4) is 0 Å². The molecule has 0 N–H and O–H groups in total. The largest absolute Gasteiger partial charge is 0.453 e. The third kappa shape index (κ3) is 5.06. The Kier molecular flexibility index (Phi) is 6.90. The number of ether oxygens (including phenoxy) is 2. The number of carbonyl (C=O) groups excluding carboxylic acids is 3. The van der Waals surface area contributed by atoms with Crippen molar-refractivity contribution in [1.29, 1.82) is 0 Å². The van der Waals surface area contributed by atoms with Gasteiger partial charge in [-0.3, -0.25) is 19.3 Å². The number of esters is 1. The van der Waals surface area contributed by atoms with Crippen LogP contribution in [0.2, 0.25) is 0 Å². The van der Waals surface area contributed by atoms with Gasteiger partial charge in [-0.05, 0) is 68.3 Å². The monoisotopic (exact) mass is 565 g/mol. The summed E-state index contributed by atoms with van der Waals surface area (Å²) in [7, 11) is 0. The number of hydrogen-bond donors (Lipinski definition) is 0. The van der Waals surface area contributed by atoms with E-state index in [1.54, 1.807) is 26.0 Å². The van der Waals surface area contributed by atoms with Crippen molar-refractivity contribution in [3.8, 4) is 17.2 Å². The number of aryl methyl sites for hydroxylation is 1. The molecule has 0 fully saturated rings. The lowest BCUT2D eigenvalue weighted by Gasteiger charge is -2.20. The fourth-order valence-electron chi connectivity index (χ4n) is 4.43. The summed E-state index contributed by atoms with van der Waals surface area (Å²) < 4.78 is 57.4. The van der Waals surface area contributed by atoms with Crippen LogP contribution in [-0.2, 0) is 6.18 Å². The topological polar surface area (TPSA) is 103 Å². The van der Waals surface area contributed by atoms with Gasteiger partial charge in [0, 0.05) is 12.1 Å². The Morgan fingerprint density at radius 2 is 1.68 bits per heavy atom. The standard InChI is InChI=1S/C30H22F3NO7/c1-4-16(3)34-27(36)20-10-8-17(13-22(20)28(34)37)29(38)40-19-9-11-21-23(14-19)41-26(30(31,32)33)25(24(21)35)39-18-7-5-6-15(2)12-18/h5-14,16H,4H2,1-3H3. The van der Waals surface area contributed by atoms with Gasteiger partial charge in [-0.25, -0.2) is 4.79 Å². The zero-order chi connectivity index (χ0) is 29.6. The van der Waals surface area contributed by atoms with Gasteiger partial charge in [-0.15, -0.1) is 0 Å². The Bertz CT molecular complexity index is 1790. The van der Waals surface area contributed by atoms with Gasteiger partial charge in [-0.2, -0.15) is 13.2 Å². The van der Waals surface area contributed by atoms with Crippen molar-refractivity contribution in [2.24, 2.45) is 0 Å². The molecule has 5 rings (SSSR count). The van der Waals surface area contributed by atoms with Gasteiger partial charge in [0.2, 0.25) is 11.2 Å². The van der Waals surface area contributed by atoms with Gasteiger partial charge in [-0.1, -0.05) is 19.1 Å². The molecule has 8 nitrogen and oxygen atoms in total. The number of hydrogen-bond acceptors (Lipinski definition) is 7. The molecule has 11 heteroatoms. The summed E-state index contributed by atoms with van der Waals surface area (Å²) in [6.07, 6.45) is -4.52. The highest BCUT2D eigenvalue weighted by molar-refractivity contribution is 6.22. The van der Waals surface area contributed by atoms with Crippen LogP contribution in [-0.4, -0.2) is 28.7 Å². The maximum atomic E-state index is 13.9. The van der Waals surface area contributed by atoms with Crippen molar-refractivity contribution in [2.75, 3.05) is 0 Å². The van der Waals surface area contributed by atoms with Crippen LogP contribution in [0.4, 0.5) is 13.2 Å². The molecule has 1 unspecified atom stereocenters. The second kappa shape index (κ2) is 10.2. The first-order valence-electron chi connectivity index (χ1n) is 12.6. The molecule has 0 aliphatic carbocycles. The molecule has 3 aromatic carbocycles. The SMILES string of the molecule is CCC(C)N1C(=O)c2ccc(C(=O)Oc3ccc4c(=O)c(Oc5cccc(C)c5)c(C(F)(F)F)oc4c3)cc2C1=O. The minimum atomic E-state index is -5.07. The number of benzene rings is 3. The predicted octanol–water partition coefficient (Wildman–Crippen LogP) is 6.53. The fraction of sp³-hybridized carbons (Fsp3) is 0.200. The molecule has 1 atom stereocenters. The van der Waals surface area contributed by atoms with E-state index < -0.39 is 46.5 Å². The molecule has 1 aromatic heterocycles. The van der Waals surface area contributed by atoms with Crippen LogP contribution in [0.1, 0.15) is 62.7 Å². The number of nitrogens with zero attached hydrogens (tertiary/aromatic N) is 1. The molecule has 4 aromatic rings. The van der Waals surface area contributed by atoms with Crippen molar-refractivity contribution in [2.45, 2.75) is 39.4 Å². The second-order valence-corrected chi connectivity index (χ2v) is 9.55. The molecule has 2 amide bonds. The van der Waals surface area contributed by atoms with Gasteiger partial charge >= 0.3 is 12.1 Å². The number of rotatable bonds is 6. The molecule has 0 saturated heterocycles. The lowest BCUT2D eigenvalue weighted by molar-refractivity contribution is -0.154. The van der Waals surface area contributed by atoms with Crippen LogP contribution in [0, 0.1) is 6.92 Å². The lowest BCUT2D eigenvalue weighted by Crippen LogP contribution is -2.37. The maximum absolute atomic E-state index is 13.9. The van der Waals surface area contributed by atoms with Crippen LogP contribution >= 0.6 is 0 Å². The average molecular weight is 566 g/mol. The predicted molar refractivity (Wildman–Crippen MR) is 140 cm³/mol. The van der Waals surface area contributed by atoms with Gasteiger partial charge in [0.25, 0.3) is 17.6 Å². The Hall–Kier alpha value is -4.93. The zero-order valence-electron chi connectivity index (χ0n) is 22.0. The first kappa shape index (κ1) is 27.6. The van der Waals surface area contributed by atoms with E-state index in [9.17, 15) is 32.3 Å². The van der Waals surface area contributed by atoms with Crippen molar-refractivity contribution >= 4 is 28.8 Å². The third-order valence-corrected chi connectivity index (χ3v) is 6.68. The van der Waals surface area contributed by atoms with E-state index in [0.29, 0.717) is 12.0 Å². The highest BCUT2D eigenvalue weighted by atomic mass is 19.4. The van der Waals surface area contributed by atoms with Gasteiger partial charge in [0.05, 0.1) is 22.1 Å². The van der Waals surface area contributed by atoms with E-state index in [1.807, 2.05) is 6.92 Å². The van der Waals surface area contributed by atoms with Crippen LogP contribution < -0.4 is 14.9 Å². The fourth-order valence-corrected chi connectivity index (χ4v) is 4.43. The molecule has 0 saturated carbocycles. The minimum Gasteiger partial charge on any atom is -0.449 e. The Balaban J connectivity index is 1.47. The number of fused-ring (bicyclic) bond motifs is 2. The summed E-state index contributed by atoms with van der Waals surface area (Å²) in [5.41, 5.74) is -0.697. The van der Waals surface area contributed by atoms with Gasteiger partial charge in [0.15, 0.2) is 0 Å². The first-order chi connectivity index (χ1) is 19.4. The summed E-state index contributed by atoms with van der Waals surface area (Å²) in [6.45, 7) is 5.28. The molecular weight excluding hydrogens is 543 g/mol. The Morgan fingerprint density at radius 1 is 0.951 bits per heavy atom. The van der Waals surface area contributed by atoms with Crippen LogP contribution in [0.25, 0.3) is 11.0 Å². The van der Waals surface area contributed by atoms with Crippen molar-refractivity contribution in [3.05, 3.63) is 98.9 Å². The number of imide groups is 1. The average Bonchev–Trinajstić information content (AvgIpc) is 3.18. The second-order valence-electron chi connectivity index (χ2n) is 9.55.